The van der Waals surface area contributed by atoms with E-state index in [9.17, 15) is 14.7 Å². The summed E-state index contributed by atoms with van der Waals surface area (Å²) in [6, 6.07) is 24.5. The van der Waals surface area contributed by atoms with Crippen LogP contribution >= 0.6 is 11.6 Å². The van der Waals surface area contributed by atoms with Gasteiger partial charge in [-0.05, 0) is 17.2 Å². The van der Waals surface area contributed by atoms with E-state index in [1.54, 1.807) is 48.5 Å². The molecule has 3 amide bonds. The van der Waals surface area contributed by atoms with Crippen molar-refractivity contribution in [1.29, 1.82) is 0 Å². The maximum Gasteiger partial charge on any atom is 0.325 e. The lowest BCUT2D eigenvalue weighted by Crippen LogP contribution is -2.45. The van der Waals surface area contributed by atoms with Gasteiger partial charge in [0, 0.05) is 10.6 Å². The molecule has 29 heavy (non-hydrogen) atoms. The molecule has 0 aliphatic carbocycles. The maximum absolute atomic E-state index is 13.6. The highest BCUT2D eigenvalue weighted by atomic mass is 35.5. The van der Waals surface area contributed by atoms with Gasteiger partial charge in [0.25, 0.3) is 5.91 Å². The zero-order valence-corrected chi connectivity index (χ0v) is 16.2. The third-order valence-electron chi connectivity index (χ3n) is 5.14. The highest BCUT2D eigenvalue weighted by Crippen LogP contribution is 2.37. The summed E-state index contributed by atoms with van der Waals surface area (Å²) in [5.41, 5.74) is 0.421. The third kappa shape index (κ3) is 3.28. The summed E-state index contributed by atoms with van der Waals surface area (Å²) >= 11 is 6.16. The van der Waals surface area contributed by atoms with Crippen molar-refractivity contribution in [3.05, 3.63) is 107 Å². The largest absolute Gasteiger partial charge is 0.386 e. The Hall–Kier alpha value is -3.15. The van der Waals surface area contributed by atoms with E-state index < -0.39 is 23.6 Å². The van der Waals surface area contributed by atoms with Gasteiger partial charge in [-0.15, -0.1) is 0 Å². The quantitative estimate of drug-likeness (QED) is 0.632. The summed E-state index contributed by atoms with van der Waals surface area (Å²) in [6.07, 6.45) is -1.10. The summed E-state index contributed by atoms with van der Waals surface area (Å²) in [7, 11) is 0. The number of β-amino-alcohol motifs (C(OH)–C–C–N with tert-alkyl or cyclic N) is 1. The van der Waals surface area contributed by atoms with Gasteiger partial charge >= 0.3 is 6.03 Å². The van der Waals surface area contributed by atoms with Crippen molar-refractivity contribution < 1.29 is 14.7 Å². The summed E-state index contributed by atoms with van der Waals surface area (Å²) in [4.78, 5) is 27.5. The van der Waals surface area contributed by atoms with Crippen LogP contribution in [-0.2, 0) is 10.3 Å². The molecule has 0 aromatic heterocycles. The van der Waals surface area contributed by atoms with E-state index in [-0.39, 0.29) is 6.54 Å². The number of imide groups is 1. The van der Waals surface area contributed by atoms with Gasteiger partial charge in [-0.2, -0.15) is 0 Å². The lowest BCUT2D eigenvalue weighted by atomic mass is 9.82. The molecule has 146 valence electrons. The van der Waals surface area contributed by atoms with Gasteiger partial charge in [-0.3, -0.25) is 9.69 Å². The molecule has 1 atom stereocenters. The Bertz CT molecular complexity index is 1000. The molecule has 1 unspecified atom stereocenters. The fourth-order valence-corrected chi connectivity index (χ4v) is 3.95. The van der Waals surface area contributed by atoms with Crippen LogP contribution in [0.3, 0.4) is 0 Å². The van der Waals surface area contributed by atoms with Gasteiger partial charge in [0.15, 0.2) is 5.54 Å². The topological polar surface area (TPSA) is 69.6 Å². The fraction of sp³-hybridized carbons (Fsp3) is 0.130. The van der Waals surface area contributed by atoms with E-state index in [4.69, 9.17) is 11.6 Å². The Labute approximate surface area is 173 Å². The van der Waals surface area contributed by atoms with Gasteiger partial charge in [-0.1, -0.05) is 90.5 Å². The van der Waals surface area contributed by atoms with Gasteiger partial charge in [0.1, 0.15) is 0 Å². The minimum atomic E-state index is -1.35. The van der Waals surface area contributed by atoms with Gasteiger partial charge in [-0.25, -0.2) is 4.79 Å². The monoisotopic (exact) mass is 406 g/mol. The molecule has 6 heteroatoms. The second-order valence-corrected chi connectivity index (χ2v) is 7.27. The van der Waals surface area contributed by atoms with Crippen LogP contribution in [0.25, 0.3) is 0 Å². The Balaban J connectivity index is 1.74. The van der Waals surface area contributed by atoms with Crippen molar-refractivity contribution in [3.63, 3.8) is 0 Å². The normalized spacial score (nSPS) is 16.6. The number of benzene rings is 3. The zero-order chi connectivity index (χ0) is 20.4. The molecule has 1 saturated heterocycles. The molecule has 0 spiro atoms. The molecular weight excluding hydrogens is 388 g/mol. The Morgan fingerprint density at radius 2 is 1.38 bits per heavy atom. The maximum atomic E-state index is 13.6. The molecule has 0 saturated carbocycles. The molecule has 0 radical (unpaired) electrons. The average molecular weight is 407 g/mol. The summed E-state index contributed by atoms with van der Waals surface area (Å²) < 4.78 is 0. The number of nitrogens with one attached hydrogen (secondary N) is 1. The molecule has 4 rings (SSSR count). The van der Waals surface area contributed by atoms with Crippen LogP contribution in [0.1, 0.15) is 22.8 Å². The molecule has 1 heterocycles. The van der Waals surface area contributed by atoms with Gasteiger partial charge in [0.2, 0.25) is 0 Å². The molecule has 1 aliphatic heterocycles. The van der Waals surface area contributed by atoms with E-state index >= 15 is 0 Å². The predicted molar refractivity (Wildman–Crippen MR) is 110 cm³/mol. The number of urea groups is 1. The van der Waals surface area contributed by atoms with Crippen molar-refractivity contribution in [3.8, 4) is 0 Å². The van der Waals surface area contributed by atoms with Crippen LogP contribution < -0.4 is 5.32 Å². The van der Waals surface area contributed by atoms with Crippen LogP contribution in [0.5, 0.6) is 0 Å². The number of hydrogen-bond donors (Lipinski definition) is 2. The zero-order valence-electron chi connectivity index (χ0n) is 15.5. The first-order valence-corrected chi connectivity index (χ1v) is 9.59. The van der Waals surface area contributed by atoms with Crippen LogP contribution in [-0.4, -0.2) is 28.5 Å². The number of amides is 3. The second-order valence-electron chi connectivity index (χ2n) is 6.87. The third-order valence-corrected chi connectivity index (χ3v) is 5.48. The smallest absolute Gasteiger partial charge is 0.325 e. The van der Waals surface area contributed by atoms with Crippen molar-refractivity contribution in [2.75, 3.05) is 6.54 Å². The number of nitrogens with zero attached hydrogens (tertiary/aromatic N) is 1. The first-order chi connectivity index (χ1) is 14.0. The minimum absolute atomic E-state index is 0.199. The Morgan fingerprint density at radius 1 is 0.862 bits per heavy atom. The number of aliphatic hydroxyl groups is 1. The first kappa shape index (κ1) is 19.2. The Morgan fingerprint density at radius 3 is 1.93 bits per heavy atom. The lowest BCUT2D eigenvalue weighted by Gasteiger charge is -2.28. The van der Waals surface area contributed by atoms with E-state index in [0.717, 1.165) is 4.90 Å². The van der Waals surface area contributed by atoms with Crippen molar-refractivity contribution in [1.82, 2.24) is 10.2 Å². The van der Waals surface area contributed by atoms with E-state index in [1.807, 2.05) is 36.4 Å². The number of halogens is 1. The number of rotatable bonds is 5. The highest BCUT2D eigenvalue weighted by molar-refractivity contribution is 6.31. The van der Waals surface area contributed by atoms with Crippen LogP contribution in [0.2, 0.25) is 5.02 Å². The lowest BCUT2D eigenvalue weighted by molar-refractivity contribution is -0.131. The number of aliphatic hydroxyl groups excluding tert-OH is 1. The van der Waals surface area contributed by atoms with Gasteiger partial charge in [0.05, 0.1) is 12.6 Å². The van der Waals surface area contributed by atoms with E-state index in [2.05, 4.69) is 5.32 Å². The van der Waals surface area contributed by atoms with Crippen LogP contribution in [0, 0.1) is 0 Å². The van der Waals surface area contributed by atoms with Crippen molar-refractivity contribution in [2.45, 2.75) is 11.6 Å². The number of hydrogen-bond acceptors (Lipinski definition) is 3. The standard InChI is InChI=1S/C23H19ClN2O3/c24-19-14-8-7-13-18(19)20(27)15-26-21(28)23(25-22(26)29,16-9-3-1-4-10-16)17-11-5-2-6-12-17/h1-14,20,27H,15H2,(H,25,29). The number of carbonyl (C=O) groups is 2. The average Bonchev–Trinajstić information content (AvgIpc) is 3.01. The molecule has 2 N–H and O–H groups in total. The molecule has 1 fully saturated rings. The minimum Gasteiger partial charge on any atom is -0.386 e. The first-order valence-electron chi connectivity index (χ1n) is 9.21. The summed E-state index contributed by atoms with van der Waals surface area (Å²) in [5, 5.41) is 13.9. The molecule has 0 bridgehead atoms. The SMILES string of the molecule is O=C1NC(c2ccccc2)(c2ccccc2)C(=O)N1CC(O)c1ccccc1Cl. The van der Waals surface area contributed by atoms with Crippen LogP contribution in [0.4, 0.5) is 4.79 Å². The molecular formula is C23H19ClN2O3. The predicted octanol–water partition coefficient (Wildman–Crippen LogP) is 3.87. The van der Waals surface area contributed by atoms with E-state index in [0.29, 0.717) is 21.7 Å². The van der Waals surface area contributed by atoms with Crippen LogP contribution in [0.15, 0.2) is 84.9 Å². The molecule has 3 aromatic carbocycles. The second kappa shape index (κ2) is 7.70. The Kier molecular flexibility index (Phi) is 5.09. The molecule has 3 aromatic rings. The number of carbonyl (C=O) groups excluding carboxylic acids is 2. The fourth-order valence-electron chi connectivity index (χ4n) is 3.69. The highest BCUT2D eigenvalue weighted by Gasteiger charge is 2.53. The molecule has 5 nitrogen and oxygen atoms in total. The molecule has 1 aliphatic rings. The van der Waals surface area contributed by atoms with Gasteiger partial charge < -0.3 is 10.4 Å². The van der Waals surface area contributed by atoms with Crippen molar-refractivity contribution in [2.24, 2.45) is 0 Å². The van der Waals surface area contributed by atoms with E-state index in [1.165, 1.54) is 0 Å². The summed E-state index contributed by atoms with van der Waals surface area (Å²) in [5.74, 6) is -0.439. The van der Waals surface area contributed by atoms with Crippen molar-refractivity contribution >= 4 is 23.5 Å². The summed E-state index contributed by atoms with van der Waals surface area (Å²) in [6.45, 7) is -0.199.